The van der Waals surface area contributed by atoms with Crippen molar-refractivity contribution in [3.8, 4) is 56.0 Å². The number of hydrogen-bond donors (Lipinski definition) is 0. The molecule has 3 nitrogen and oxygen atoms in total. The molecular weight excluding hydrogens is 725 g/mol. The molecule has 0 aliphatic rings. The molecule has 3 aromatic heterocycles. The second kappa shape index (κ2) is 13.1. The Morgan fingerprint density at radius 3 is 1.91 bits per heavy atom. The molecule has 0 saturated heterocycles. The van der Waals surface area contributed by atoms with Gasteiger partial charge in [-0.05, 0) is 85.8 Å². The summed E-state index contributed by atoms with van der Waals surface area (Å²) in [6.07, 6.45) is 0. The minimum absolute atomic E-state index is 0.678. The number of para-hydroxylation sites is 1. The summed E-state index contributed by atoms with van der Waals surface area (Å²) in [5.74, 6) is 0.678. The molecule has 0 N–H and O–H groups in total. The van der Waals surface area contributed by atoms with Crippen LogP contribution in [0.1, 0.15) is 0 Å². The fraction of sp³-hybridized carbons (Fsp3) is 0. The molecule has 0 unspecified atom stereocenters. The quantitative estimate of drug-likeness (QED) is 0.164. The van der Waals surface area contributed by atoms with Crippen LogP contribution in [0, 0.1) is 0 Å². The second-order valence-electron chi connectivity index (χ2n) is 14.8. The van der Waals surface area contributed by atoms with Gasteiger partial charge in [0.25, 0.3) is 0 Å². The summed E-state index contributed by atoms with van der Waals surface area (Å²) in [4.78, 5) is 10.9. The van der Waals surface area contributed by atoms with Gasteiger partial charge in [-0.2, -0.15) is 0 Å². The van der Waals surface area contributed by atoms with Crippen molar-refractivity contribution in [2.75, 3.05) is 0 Å². The Balaban J connectivity index is 1.06. The highest BCUT2D eigenvalue weighted by molar-refractivity contribution is 7.26. The number of hydrogen-bond acceptors (Lipinski definition) is 4. The van der Waals surface area contributed by atoms with E-state index in [2.05, 4.69) is 182 Å². The Hall–Kier alpha value is -7.40. The van der Waals surface area contributed by atoms with Crippen molar-refractivity contribution in [1.82, 2.24) is 9.97 Å². The van der Waals surface area contributed by atoms with E-state index in [-0.39, 0.29) is 0 Å². The zero-order chi connectivity index (χ0) is 38.2. The van der Waals surface area contributed by atoms with Crippen LogP contribution in [0.25, 0.3) is 120 Å². The van der Waals surface area contributed by atoms with Crippen LogP contribution in [-0.4, -0.2) is 9.97 Å². The van der Waals surface area contributed by atoms with E-state index >= 15 is 0 Å². The van der Waals surface area contributed by atoms with Gasteiger partial charge in [0.1, 0.15) is 11.2 Å². The van der Waals surface area contributed by atoms with Gasteiger partial charge in [-0.3, -0.25) is 0 Å². The lowest BCUT2D eigenvalue weighted by Gasteiger charge is -2.13. The molecule has 12 aromatic rings. The number of aromatic nitrogens is 2. The Morgan fingerprint density at radius 1 is 0.397 bits per heavy atom. The average molecular weight is 757 g/mol. The first-order valence-electron chi connectivity index (χ1n) is 19.6. The minimum atomic E-state index is 0.678. The fourth-order valence-corrected chi connectivity index (χ4v) is 9.90. The number of nitrogens with zero attached hydrogens (tertiary/aromatic N) is 2. The molecule has 0 bridgehead atoms. The van der Waals surface area contributed by atoms with Crippen molar-refractivity contribution in [3.05, 3.63) is 194 Å². The van der Waals surface area contributed by atoms with E-state index < -0.39 is 0 Å². The van der Waals surface area contributed by atoms with E-state index in [0.717, 1.165) is 71.1 Å². The van der Waals surface area contributed by atoms with Crippen molar-refractivity contribution >= 4 is 75.1 Å². The van der Waals surface area contributed by atoms with Gasteiger partial charge in [0.15, 0.2) is 5.82 Å². The number of thiophene rings is 1. The molecule has 4 heteroatoms. The highest BCUT2D eigenvalue weighted by Gasteiger charge is 2.22. The Kier molecular flexibility index (Phi) is 7.40. The SMILES string of the molecule is c1ccc(-c2cccc(-c3ccc(-c4nc(-c5ccc(-c6cc7ccccc7c7ccccc67)cc5)c5sc6ccccc6c5n4)c4c3oc3ccccc34)c2)cc1. The fourth-order valence-electron chi connectivity index (χ4n) is 8.75. The molecule has 3 heterocycles. The van der Waals surface area contributed by atoms with Gasteiger partial charge in [-0.1, -0.05) is 158 Å². The smallest absolute Gasteiger partial charge is 0.161 e. The predicted octanol–water partition coefficient (Wildman–Crippen LogP) is 15.4. The first-order chi connectivity index (χ1) is 28.7. The van der Waals surface area contributed by atoms with Gasteiger partial charge in [-0.15, -0.1) is 11.3 Å². The molecule has 0 spiro atoms. The van der Waals surface area contributed by atoms with E-state index in [1.54, 1.807) is 11.3 Å². The molecule has 12 rings (SSSR count). The third kappa shape index (κ3) is 5.19. The highest BCUT2D eigenvalue weighted by atomic mass is 32.1. The number of benzene rings is 9. The Bertz CT molecular complexity index is 3560. The topological polar surface area (TPSA) is 38.9 Å². The lowest BCUT2D eigenvalue weighted by atomic mass is 9.93. The normalized spacial score (nSPS) is 11.8. The molecule has 0 aliphatic carbocycles. The maximum absolute atomic E-state index is 6.76. The van der Waals surface area contributed by atoms with Gasteiger partial charge in [0.05, 0.1) is 15.9 Å². The van der Waals surface area contributed by atoms with E-state index in [1.165, 1.54) is 42.9 Å². The van der Waals surface area contributed by atoms with Crippen molar-refractivity contribution in [2.24, 2.45) is 0 Å². The van der Waals surface area contributed by atoms with Gasteiger partial charge < -0.3 is 4.42 Å². The van der Waals surface area contributed by atoms with Crippen molar-refractivity contribution in [2.45, 2.75) is 0 Å². The number of fused-ring (bicyclic) bond motifs is 9. The largest absolute Gasteiger partial charge is 0.455 e. The summed E-state index contributed by atoms with van der Waals surface area (Å²) in [5.41, 5.74) is 12.4. The molecule has 0 fully saturated rings. The van der Waals surface area contributed by atoms with E-state index in [0.29, 0.717) is 5.82 Å². The van der Waals surface area contributed by atoms with Crippen LogP contribution in [-0.2, 0) is 0 Å². The van der Waals surface area contributed by atoms with Gasteiger partial charge in [0, 0.05) is 37.5 Å². The summed E-state index contributed by atoms with van der Waals surface area (Å²) in [5, 5.41) is 8.21. The molecule has 0 amide bonds. The summed E-state index contributed by atoms with van der Waals surface area (Å²) in [7, 11) is 0. The third-order valence-electron chi connectivity index (χ3n) is 11.5. The summed E-state index contributed by atoms with van der Waals surface area (Å²) in [6.45, 7) is 0. The maximum atomic E-state index is 6.76. The van der Waals surface area contributed by atoms with Crippen molar-refractivity contribution in [1.29, 1.82) is 0 Å². The average Bonchev–Trinajstić information content (AvgIpc) is 3.88. The zero-order valence-electron chi connectivity index (χ0n) is 31.2. The van der Waals surface area contributed by atoms with E-state index in [4.69, 9.17) is 14.4 Å². The first kappa shape index (κ1) is 32.8. The Morgan fingerprint density at radius 2 is 1.05 bits per heavy atom. The highest BCUT2D eigenvalue weighted by Crippen LogP contribution is 2.45. The second-order valence-corrected chi connectivity index (χ2v) is 15.9. The van der Waals surface area contributed by atoms with Crippen LogP contribution in [0.4, 0.5) is 0 Å². The molecule has 0 atom stereocenters. The number of furan rings is 1. The molecule has 58 heavy (non-hydrogen) atoms. The van der Waals surface area contributed by atoms with Crippen LogP contribution >= 0.6 is 11.3 Å². The molecule has 0 aliphatic heterocycles. The molecular formula is C54H32N2OS. The monoisotopic (exact) mass is 756 g/mol. The van der Waals surface area contributed by atoms with Crippen LogP contribution in [0.3, 0.4) is 0 Å². The summed E-state index contributed by atoms with van der Waals surface area (Å²) in [6, 6.07) is 69.0. The van der Waals surface area contributed by atoms with Gasteiger partial charge >= 0.3 is 0 Å². The summed E-state index contributed by atoms with van der Waals surface area (Å²) >= 11 is 1.75. The van der Waals surface area contributed by atoms with E-state index in [9.17, 15) is 0 Å². The van der Waals surface area contributed by atoms with E-state index in [1.807, 2.05) is 12.1 Å². The van der Waals surface area contributed by atoms with Crippen LogP contribution in [0.15, 0.2) is 199 Å². The summed E-state index contributed by atoms with van der Waals surface area (Å²) < 4.78 is 9.03. The zero-order valence-corrected chi connectivity index (χ0v) is 32.0. The number of rotatable bonds is 5. The van der Waals surface area contributed by atoms with Crippen molar-refractivity contribution in [3.63, 3.8) is 0 Å². The molecule has 0 radical (unpaired) electrons. The third-order valence-corrected chi connectivity index (χ3v) is 12.7. The maximum Gasteiger partial charge on any atom is 0.161 e. The predicted molar refractivity (Wildman–Crippen MR) is 244 cm³/mol. The lowest BCUT2D eigenvalue weighted by molar-refractivity contribution is 0.670. The van der Waals surface area contributed by atoms with Crippen LogP contribution < -0.4 is 0 Å². The standard InChI is InChI=1S/C54H32N2OS/c1-2-13-33(14-3-1)36-16-12-17-37(31-36)40-29-30-45(49-43-21-8-10-23-47(43)57-52(40)49)54-55-50(53-51(56-54)44-22-9-11-24-48(44)58-53)35-27-25-34(26-28-35)46-32-38-15-4-5-18-39(38)41-19-6-7-20-42(41)46/h1-32H. The van der Waals surface area contributed by atoms with Crippen molar-refractivity contribution < 1.29 is 4.42 Å². The van der Waals surface area contributed by atoms with Gasteiger partial charge in [0.2, 0.25) is 0 Å². The van der Waals surface area contributed by atoms with Crippen LogP contribution in [0.5, 0.6) is 0 Å². The molecule has 270 valence electrons. The van der Waals surface area contributed by atoms with Gasteiger partial charge in [-0.25, -0.2) is 9.97 Å². The molecule has 9 aromatic carbocycles. The first-order valence-corrected chi connectivity index (χ1v) is 20.4. The Labute approximate surface area is 338 Å². The minimum Gasteiger partial charge on any atom is -0.455 e. The molecule has 0 saturated carbocycles. The van der Waals surface area contributed by atoms with Crippen LogP contribution in [0.2, 0.25) is 0 Å². The lowest BCUT2D eigenvalue weighted by Crippen LogP contribution is -1.95.